The van der Waals surface area contributed by atoms with E-state index in [0.717, 1.165) is 13.0 Å². The molecule has 2 fully saturated rings. The highest BCUT2D eigenvalue weighted by atomic mass is 32.2. The Labute approximate surface area is 151 Å². The van der Waals surface area contributed by atoms with Crippen molar-refractivity contribution in [3.8, 4) is 0 Å². The average molecular weight is 365 g/mol. The number of rotatable bonds is 5. The van der Waals surface area contributed by atoms with E-state index >= 15 is 0 Å². The molecule has 1 aliphatic carbocycles. The van der Waals surface area contributed by atoms with Gasteiger partial charge in [-0.15, -0.1) is 0 Å². The Morgan fingerprint density at radius 1 is 1.08 bits per heavy atom. The predicted molar refractivity (Wildman–Crippen MR) is 97.6 cm³/mol. The molecule has 1 unspecified atom stereocenters. The third-order valence-corrected chi connectivity index (χ3v) is 7.39. The van der Waals surface area contributed by atoms with Gasteiger partial charge in [-0.1, -0.05) is 37.5 Å². The standard InChI is InChI=1S/C19H28N2O3S/c1-20(15-16-9-4-2-5-10-16)19(22)18-13-8-14-21(18)25(23,24)17-11-6-3-7-12-17/h3,6-7,11-12,16,18H,2,4-5,8-10,13-15H2,1H3. The first-order chi connectivity index (χ1) is 12.0. The zero-order valence-corrected chi connectivity index (χ0v) is 15.7. The maximum Gasteiger partial charge on any atom is 0.243 e. The molecule has 3 rings (SSSR count). The fraction of sp³-hybridized carbons (Fsp3) is 0.632. The van der Waals surface area contributed by atoms with Crippen LogP contribution in [0.15, 0.2) is 35.2 Å². The Hall–Kier alpha value is -1.40. The number of benzene rings is 1. The van der Waals surface area contributed by atoms with E-state index in [9.17, 15) is 13.2 Å². The molecule has 0 radical (unpaired) electrons. The van der Waals surface area contributed by atoms with E-state index in [0.29, 0.717) is 18.9 Å². The van der Waals surface area contributed by atoms with Crippen molar-refractivity contribution in [2.75, 3.05) is 20.1 Å². The van der Waals surface area contributed by atoms with Crippen LogP contribution in [0.3, 0.4) is 0 Å². The van der Waals surface area contributed by atoms with Crippen molar-refractivity contribution in [1.82, 2.24) is 9.21 Å². The molecule has 2 aliphatic rings. The van der Waals surface area contributed by atoms with Crippen LogP contribution in [0, 0.1) is 5.92 Å². The molecule has 1 aliphatic heterocycles. The summed E-state index contributed by atoms with van der Waals surface area (Å²) in [4.78, 5) is 15.0. The lowest BCUT2D eigenvalue weighted by Gasteiger charge is -2.31. The molecule has 1 aromatic carbocycles. The molecule has 1 heterocycles. The Morgan fingerprint density at radius 2 is 1.76 bits per heavy atom. The van der Waals surface area contributed by atoms with Gasteiger partial charge in [-0.05, 0) is 43.7 Å². The summed E-state index contributed by atoms with van der Waals surface area (Å²) in [7, 11) is -1.79. The fourth-order valence-electron chi connectivity index (χ4n) is 4.10. The van der Waals surface area contributed by atoms with E-state index in [4.69, 9.17) is 0 Å². The van der Waals surface area contributed by atoms with Crippen molar-refractivity contribution in [3.05, 3.63) is 30.3 Å². The number of amides is 1. The first-order valence-corrected chi connectivity index (χ1v) is 10.8. The van der Waals surface area contributed by atoms with Gasteiger partial charge in [-0.25, -0.2) is 8.42 Å². The summed E-state index contributed by atoms with van der Waals surface area (Å²) in [5.74, 6) is 0.505. The summed E-state index contributed by atoms with van der Waals surface area (Å²) < 4.78 is 27.2. The van der Waals surface area contributed by atoms with E-state index < -0.39 is 16.1 Å². The van der Waals surface area contributed by atoms with Gasteiger partial charge >= 0.3 is 0 Å². The highest BCUT2D eigenvalue weighted by Gasteiger charge is 2.40. The molecular formula is C19H28N2O3S. The van der Waals surface area contributed by atoms with Gasteiger partial charge in [0.15, 0.2) is 0 Å². The average Bonchev–Trinajstić information content (AvgIpc) is 3.13. The van der Waals surface area contributed by atoms with Gasteiger partial charge in [0.25, 0.3) is 0 Å². The molecule has 25 heavy (non-hydrogen) atoms. The summed E-state index contributed by atoms with van der Waals surface area (Å²) in [5, 5.41) is 0. The minimum absolute atomic E-state index is 0.0532. The van der Waals surface area contributed by atoms with Gasteiger partial charge < -0.3 is 4.90 Å². The maximum atomic E-state index is 12.9. The zero-order valence-electron chi connectivity index (χ0n) is 14.9. The van der Waals surface area contributed by atoms with Crippen LogP contribution in [-0.2, 0) is 14.8 Å². The number of carbonyl (C=O) groups is 1. The Bertz CT molecular complexity index is 684. The molecule has 6 heteroatoms. The molecule has 138 valence electrons. The van der Waals surface area contributed by atoms with Crippen molar-refractivity contribution < 1.29 is 13.2 Å². The van der Waals surface area contributed by atoms with Crippen molar-refractivity contribution in [1.29, 1.82) is 0 Å². The Kier molecular flexibility index (Phi) is 5.79. The van der Waals surface area contributed by atoms with E-state index in [1.807, 2.05) is 7.05 Å². The molecule has 0 aromatic heterocycles. The van der Waals surface area contributed by atoms with Gasteiger partial charge in [0.05, 0.1) is 4.90 Å². The molecule has 0 N–H and O–H groups in total. The second-order valence-electron chi connectivity index (χ2n) is 7.31. The number of carbonyl (C=O) groups excluding carboxylic acids is 1. The summed E-state index contributed by atoms with van der Waals surface area (Å²) in [6.45, 7) is 1.17. The quantitative estimate of drug-likeness (QED) is 0.807. The lowest BCUT2D eigenvalue weighted by atomic mass is 9.89. The van der Waals surface area contributed by atoms with Crippen LogP contribution in [0.25, 0.3) is 0 Å². The fourth-order valence-corrected chi connectivity index (χ4v) is 5.78. The van der Waals surface area contributed by atoms with Crippen LogP contribution < -0.4 is 0 Å². The second-order valence-corrected chi connectivity index (χ2v) is 9.20. The first kappa shape index (κ1) is 18.4. The van der Waals surface area contributed by atoms with E-state index in [-0.39, 0.29) is 10.8 Å². The molecule has 0 bridgehead atoms. The largest absolute Gasteiger partial charge is 0.344 e. The Morgan fingerprint density at radius 3 is 2.44 bits per heavy atom. The van der Waals surface area contributed by atoms with Crippen LogP contribution in [0.1, 0.15) is 44.9 Å². The normalized spacial score (nSPS) is 22.8. The number of hydrogen-bond acceptors (Lipinski definition) is 3. The predicted octanol–water partition coefficient (Wildman–Crippen LogP) is 2.88. The van der Waals surface area contributed by atoms with Gasteiger partial charge in [-0.2, -0.15) is 4.31 Å². The van der Waals surface area contributed by atoms with Crippen LogP contribution in [0.4, 0.5) is 0 Å². The highest BCUT2D eigenvalue weighted by Crippen LogP contribution is 2.28. The monoisotopic (exact) mass is 364 g/mol. The Balaban J connectivity index is 1.71. The second kappa shape index (κ2) is 7.87. The number of hydrogen-bond donors (Lipinski definition) is 0. The molecular weight excluding hydrogens is 336 g/mol. The lowest BCUT2D eigenvalue weighted by Crippen LogP contribution is -2.47. The SMILES string of the molecule is CN(CC1CCCCC1)C(=O)C1CCCN1S(=O)(=O)c1ccccc1. The highest BCUT2D eigenvalue weighted by molar-refractivity contribution is 7.89. The van der Waals surface area contributed by atoms with Gasteiger partial charge in [0, 0.05) is 20.1 Å². The minimum atomic E-state index is -3.61. The third kappa shape index (κ3) is 4.06. The lowest BCUT2D eigenvalue weighted by molar-refractivity contribution is -0.134. The van der Waals surface area contributed by atoms with Crippen LogP contribution in [-0.4, -0.2) is 49.7 Å². The van der Waals surface area contributed by atoms with Crippen LogP contribution in [0.2, 0.25) is 0 Å². The summed E-state index contributed by atoms with van der Waals surface area (Å²) in [6.07, 6.45) is 7.47. The van der Waals surface area contributed by atoms with Crippen molar-refractivity contribution in [2.24, 2.45) is 5.92 Å². The van der Waals surface area contributed by atoms with Crippen LogP contribution >= 0.6 is 0 Å². The molecule has 1 saturated heterocycles. The van der Waals surface area contributed by atoms with Gasteiger partial charge in [0.1, 0.15) is 6.04 Å². The number of sulfonamides is 1. The summed E-state index contributed by atoms with van der Waals surface area (Å²) in [6, 6.07) is 7.87. The summed E-state index contributed by atoms with van der Waals surface area (Å²) >= 11 is 0. The molecule has 1 amide bonds. The summed E-state index contributed by atoms with van der Waals surface area (Å²) in [5.41, 5.74) is 0. The van der Waals surface area contributed by atoms with Crippen molar-refractivity contribution in [2.45, 2.75) is 55.9 Å². The maximum absolute atomic E-state index is 12.9. The molecule has 1 aromatic rings. The van der Waals surface area contributed by atoms with E-state index in [2.05, 4.69) is 0 Å². The number of nitrogens with zero attached hydrogens (tertiary/aromatic N) is 2. The van der Waals surface area contributed by atoms with Gasteiger partial charge in [-0.3, -0.25) is 4.79 Å². The van der Waals surface area contributed by atoms with Crippen LogP contribution in [0.5, 0.6) is 0 Å². The van der Waals surface area contributed by atoms with Gasteiger partial charge in [0.2, 0.25) is 15.9 Å². The first-order valence-electron chi connectivity index (χ1n) is 9.32. The van der Waals surface area contributed by atoms with Crippen molar-refractivity contribution >= 4 is 15.9 Å². The smallest absolute Gasteiger partial charge is 0.243 e. The van der Waals surface area contributed by atoms with Crippen molar-refractivity contribution in [3.63, 3.8) is 0 Å². The number of likely N-dealkylation sites (N-methyl/N-ethyl adjacent to an activating group) is 1. The minimum Gasteiger partial charge on any atom is -0.344 e. The molecule has 1 saturated carbocycles. The molecule has 0 spiro atoms. The molecule has 5 nitrogen and oxygen atoms in total. The topological polar surface area (TPSA) is 57.7 Å². The van der Waals surface area contributed by atoms with E-state index in [1.165, 1.54) is 36.4 Å². The third-order valence-electron chi connectivity index (χ3n) is 5.47. The molecule has 1 atom stereocenters. The van der Waals surface area contributed by atoms with E-state index in [1.54, 1.807) is 35.2 Å². The zero-order chi connectivity index (χ0) is 17.9.